The molecule has 3 aromatic carbocycles. The van der Waals surface area contributed by atoms with E-state index in [1.165, 1.54) is 6.33 Å². The van der Waals surface area contributed by atoms with E-state index in [9.17, 15) is 9.90 Å². The van der Waals surface area contributed by atoms with Crippen LogP contribution in [0.3, 0.4) is 0 Å². The van der Waals surface area contributed by atoms with Crippen LogP contribution >= 0.6 is 0 Å². The molecule has 0 saturated heterocycles. The van der Waals surface area contributed by atoms with Gasteiger partial charge in [-0.05, 0) is 11.1 Å². The van der Waals surface area contributed by atoms with Crippen molar-refractivity contribution in [2.45, 2.75) is 6.61 Å². The van der Waals surface area contributed by atoms with Gasteiger partial charge in [0.05, 0.1) is 16.6 Å². The van der Waals surface area contributed by atoms with Crippen LogP contribution in [-0.4, -0.2) is 19.8 Å². The molecule has 0 unspecified atom stereocenters. The molecule has 156 valence electrons. The van der Waals surface area contributed by atoms with Crippen molar-refractivity contribution in [2.24, 2.45) is 0 Å². The Bertz CT molecular complexity index is 1430. The average molecular weight is 421 g/mol. The molecule has 5 aromatic rings. The van der Waals surface area contributed by atoms with Gasteiger partial charge in [0.1, 0.15) is 18.7 Å². The molecule has 0 fully saturated rings. The molecule has 0 spiro atoms. The van der Waals surface area contributed by atoms with Gasteiger partial charge in [0.15, 0.2) is 5.65 Å². The lowest BCUT2D eigenvalue weighted by Crippen LogP contribution is -2.29. The Morgan fingerprint density at radius 2 is 1.38 bits per heavy atom. The van der Waals surface area contributed by atoms with Crippen LogP contribution in [0.5, 0.6) is 5.75 Å². The normalized spacial score (nSPS) is 10.9. The molecule has 2 aromatic heterocycles. The van der Waals surface area contributed by atoms with E-state index < -0.39 is 5.56 Å². The van der Waals surface area contributed by atoms with Crippen LogP contribution < -0.4 is 10.4 Å². The molecule has 0 atom stereocenters. The van der Waals surface area contributed by atoms with Gasteiger partial charge in [-0.15, -0.1) is 4.73 Å². The smallest absolute Gasteiger partial charge is 0.296 e. The number of hydrogen-bond acceptors (Lipinski definition) is 5. The molecule has 0 amide bonds. The molecule has 5 rings (SSSR count). The SMILES string of the molecule is O=c1c(-c2ccccc2)c(O)c2c(-c3ccccc3)ncnc2n1OCc1ccccc1. The zero-order chi connectivity index (χ0) is 21.9. The highest BCUT2D eigenvalue weighted by molar-refractivity contribution is 5.99. The summed E-state index contributed by atoms with van der Waals surface area (Å²) in [5.41, 5.74) is 2.64. The van der Waals surface area contributed by atoms with E-state index in [0.717, 1.165) is 15.9 Å². The Hall–Kier alpha value is -4.45. The number of pyridine rings is 1. The Labute approximate surface area is 184 Å². The summed E-state index contributed by atoms with van der Waals surface area (Å²) in [5, 5.41) is 11.6. The summed E-state index contributed by atoms with van der Waals surface area (Å²) < 4.78 is 1.15. The summed E-state index contributed by atoms with van der Waals surface area (Å²) in [5.74, 6) is -0.171. The summed E-state index contributed by atoms with van der Waals surface area (Å²) in [6.45, 7) is 0.166. The van der Waals surface area contributed by atoms with E-state index in [2.05, 4.69) is 9.97 Å². The van der Waals surface area contributed by atoms with Crippen molar-refractivity contribution in [1.82, 2.24) is 14.7 Å². The number of hydrogen-bond donors (Lipinski definition) is 1. The first kappa shape index (κ1) is 19.5. The number of benzene rings is 3. The molecule has 1 N–H and O–H groups in total. The minimum Gasteiger partial charge on any atom is -0.506 e. The minimum absolute atomic E-state index is 0.137. The average Bonchev–Trinajstić information content (AvgIpc) is 2.85. The Balaban J connectivity index is 1.79. The molecule has 0 radical (unpaired) electrons. The minimum atomic E-state index is -0.491. The quantitative estimate of drug-likeness (QED) is 0.453. The van der Waals surface area contributed by atoms with Crippen molar-refractivity contribution in [3.8, 4) is 28.1 Å². The first-order chi connectivity index (χ1) is 15.7. The van der Waals surface area contributed by atoms with Crippen LogP contribution in [0.15, 0.2) is 102 Å². The second kappa shape index (κ2) is 8.35. The molecule has 2 heterocycles. The lowest BCUT2D eigenvalue weighted by Gasteiger charge is -2.16. The highest BCUT2D eigenvalue weighted by Crippen LogP contribution is 2.37. The second-order valence-corrected chi connectivity index (χ2v) is 7.24. The lowest BCUT2D eigenvalue weighted by atomic mass is 10.0. The zero-order valence-electron chi connectivity index (χ0n) is 17.1. The van der Waals surface area contributed by atoms with E-state index in [0.29, 0.717) is 16.6 Å². The molecule has 0 aliphatic rings. The number of nitrogens with zero attached hydrogens (tertiary/aromatic N) is 3. The predicted octanol–water partition coefficient (Wildman–Crippen LogP) is 4.46. The summed E-state index contributed by atoms with van der Waals surface area (Å²) in [4.78, 5) is 28.2. The van der Waals surface area contributed by atoms with E-state index in [1.54, 1.807) is 12.1 Å². The third-order valence-electron chi connectivity index (χ3n) is 5.20. The predicted molar refractivity (Wildman–Crippen MR) is 123 cm³/mol. The Morgan fingerprint density at radius 1 is 0.781 bits per heavy atom. The van der Waals surface area contributed by atoms with Crippen molar-refractivity contribution in [3.63, 3.8) is 0 Å². The molecule has 6 heteroatoms. The van der Waals surface area contributed by atoms with Gasteiger partial charge >= 0.3 is 0 Å². The maximum absolute atomic E-state index is 13.5. The van der Waals surface area contributed by atoms with Gasteiger partial charge in [0.25, 0.3) is 5.56 Å². The van der Waals surface area contributed by atoms with Gasteiger partial charge in [-0.3, -0.25) is 4.79 Å². The fraction of sp³-hybridized carbons (Fsp3) is 0.0385. The Morgan fingerprint density at radius 3 is 2.03 bits per heavy atom. The van der Waals surface area contributed by atoms with E-state index >= 15 is 0 Å². The summed E-state index contributed by atoms with van der Waals surface area (Å²) in [6.07, 6.45) is 1.37. The monoisotopic (exact) mass is 421 g/mol. The van der Waals surface area contributed by atoms with E-state index in [4.69, 9.17) is 4.84 Å². The topological polar surface area (TPSA) is 77.2 Å². The van der Waals surface area contributed by atoms with E-state index in [1.807, 2.05) is 78.9 Å². The summed E-state index contributed by atoms with van der Waals surface area (Å²) >= 11 is 0. The molecule has 32 heavy (non-hydrogen) atoms. The van der Waals surface area contributed by atoms with Gasteiger partial charge in [-0.25, -0.2) is 9.97 Å². The number of rotatable bonds is 5. The van der Waals surface area contributed by atoms with Gasteiger partial charge in [-0.1, -0.05) is 91.0 Å². The molecule has 0 aliphatic heterocycles. The van der Waals surface area contributed by atoms with Crippen molar-refractivity contribution in [2.75, 3.05) is 0 Å². The number of aromatic hydroxyl groups is 1. The molecule has 6 nitrogen and oxygen atoms in total. The maximum atomic E-state index is 13.5. The highest BCUT2D eigenvalue weighted by Gasteiger charge is 2.23. The highest BCUT2D eigenvalue weighted by atomic mass is 16.7. The van der Waals surface area contributed by atoms with Gasteiger partial charge in [0, 0.05) is 5.56 Å². The number of aromatic nitrogens is 3. The maximum Gasteiger partial charge on any atom is 0.296 e. The van der Waals surface area contributed by atoms with Crippen LogP contribution in [0.2, 0.25) is 0 Å². The molecular formula is C26H19N3O3. The van der Waals surface area contributed by atoms with Crippen LogP contribution in [0, 0.1) is 0 Å². The van der Waals surface area contributed by atoms with Gasteiger partial charge in [-0.2, -0.15) is 0 Å². The second-order valence-electron chi connectivity index (χ2n) is 7.24. The van der Waals surface area contributed by atoms with E-state index in [-0.39, 0.29) is 23.6 Å². The van der Waals surface area contributed by atoms with Crippen molar-refractivity contribution in [1.29, 1.82) is 0 Å². The molecule has 0 bridgehead atoms. The molecule has 0 aliphatic carbocycles. The fourth-order valence-electron chi connectivity index (χ4n) is 3.69. The zero-order valence-corrected chi connectivity index (χ0v) is 17.1. The largest absolute Gasteiger partial charge is 0.506 e. The lowest BCUT2D eigenvalue weighted by molar-refractivity contribution is 0.0980. The first-order valence-corrected chi connectivity index (χ1v) is 10.1. The first-order valence-electron chi connectivity index (χ1n) is 10.1. The van der Waals surface area contributed by atoms with Gasteiger partial charge < -0.3 is 9.94 Å². The molecular weight excluding hydrogens is 402 g/mol. The van der Waals surface area contributed by atoms with Crippen molar-refractivity contribution < 1.29 is 9.94 Å². The third-order valence-corrected chi connectivity index (χ3v) is 5.20. The standard InChI is InChI=1S/C26H19N3O3/c30-24-21(19-12-6-2-7-13-19)26(31)29(32-16-18-10-4-1-5-11-18)25-22(24)23(27-17-28-25)20-14-8-3-9-15-20/h1-15,17,30H,16H2. The number of fused-ring (bicyclic) bond motifs is 1. The van der Waals surface area contributed by atoms with Crippen LogP contribution in [0.1, 0.15) is 5.56 Å². The molecule has 0 saturated carbocycles. The fourth-order valence-corrected chi connectivity index (χ4v) is 3.69. The summed E-state index contributed by atoms with van der Waals surface area (Å²) in [6, 6.07) is 28.0. The van der Waals surface area contributed by atoms with Crippen LogP contribution in [0.4, 0.5) is 0 Å². The van der Waals surface area contributed by atoms with Crippen molar-refractivity contribution >= 4 is 11.0 Å². The van der Waals surface area contributed by atoms with Crippen LogP contribution in [-0.2, 0) is 6.61 Å². The third kappa shape index (κ3) is 3.48. The summed E-state index contributed by atoms with van der Waals surface area (Å²) in [7, 11) is 0. The Kier molecular flexibility index (Phi) is 5.09. The van der Waals surface area contributed by atoms with Gasteiger partial charge in [0.2, 0.25) is 0 Å². The van der Waals surface area contributed by atoms with Crippen molar-refractivity contribution in [3.05, 3.63) is 113 Å². The van der Waals surface area contributed by atoms with Crippen LogP contribution in [0.25, 0.3) is 33.4 Å².